The number of nitrogens with zero attached hydrogens (tertiary/aromatic N) is 2. The average Bonchev–Trinajstić information content (AvgIpc) is 2.51. The standard InChI is InChI=1S/C17H16FN3/c1-12-10-20-16-4-2-3-5-17(16)21(12)11-13-6-7-15(18)8-14(13)9-19/h2-8,12,20H,10-11H2,1H3. The summed E-state index contributed by atoms with van der Waals surface area (Å²) in [6.45, 7) is 3.58. The fourth-order valence-corrected chi connectivity index (χ4v) is 2.69. The summed E-state index contributed by atoms with van der Waals surface area (Å²) in [4.78, 5) is 2.25. The van der Waals surface area contributed by atoms with Gasteiger partial charge in [0.05, 0.1) is 23.0 Å². The normalized spacial score (nSPS) is 16.8. The quantitative estimate of drug-likeness (QED) is 0.915. The molecule has 0 radical (unpaired) electrons. The molecule has 0 saturated carbocycles. The summed E-state index contributed by atoms with van der Waals surface area (Å²) in [6.07, 6.45) is 0. The van der Waals surface area contributed by atoms with Gasteiger partial charge in [-0.3, -0.25) is 0 Å². The molecule has 3 rings (SSSR count). The molecule has 1 N–H and O–H groups in total. The zero-order valence-electron chi connectivity index (χ0n) is 11.8. The fraction of sp³-hybridized carbons (Fsp3) is 0.235. The maximum atomic E-state index is 13.3. The molecule has 0 bridgehead atoms. The van der Waals surface area contributed by atoms with Gasteiger partial charge < -0.3 is 10.2 Å². The van der Waals surface area contributed by atoms with E-state index in [4.69, 9.17) is 0 Å². The highest BCUT2D eigenvalue weighted by atomic mass is 19.1. The lowest BCUT2D eigenvalue weighted by Crippen LogP contribution is -2.41. The summed E-state index contributed by atoms with van der Waals surface area (Å²) in [5, 5.41) is 12.6. The monoisotopic (exact) mass is 281 g/mol. The molecule has 0 aromatic heterocycles. The van der Waals surface area contributed by atoms with Gasteiger partial charge in [0.2, 0.25) is 0 Å². The Kier molecular flexibility index (Phi) is 3.49. The van der Waals surface area contributed by atoms with Crippen LogP contribution in [0.4, 0.5) is 15.8 Å². The number of nitriles is 1. The first-order valence-electron chi connectivity index (χ1n) is 6.97. The minimum atomic E-state index is -0.371. The molecule has 1 atom stereocenters. The second kappa shape index (κ2) is 5.45. The maximum absolute atomic E-state index is 13.3. The van der Waals surface area contributed by atoms with Crippen molar-refractivity contribution < 1.29 is 4.39 Å². The van der Waals surface area contributed by atoms with E-state index in [9.17, 15) is 9.65 Å². The van der Waals surface area contributed by atoms with E-state index in [1.165, 1.54) is 12.1 Å². The number of hydrogen-bond acceptors (Lipinski definition) is 3. The van der Waals surface area contributed by atoms with Gasteiger partial charge in [-0.05, 0) is 36.8 Å². The number of anilines is 2. The van der Waals surface area contributed by atoms with Crippen molar-refractivity contribution in [3.63, 3.8) is 0 Å². The number of hydrogen-bond donors (Lipinski definition) is 1. The molecular weight excluding hydrogens is 265 g/mol. The molecule has 1 heterocycles. The van der Waals surface area contributed by atoms with Gasteiger partial charge in [0.25, 0.3) is 0 Å². The van der Waals surface area contributed by atoms with Crippen LogP contribution in [0.1, 0.15) is 18.1 Å². The molecule has 2 aromatic carbocycles. The number of rotatable bonds is 2. The summed E-state index contributed by atoms with van der Waals surface area (Å²) in [6, 6.07) is 14.9. The van der Waals surface area contributed by atoms with Crippen LogP contribution in [0.3, 0.4) is 0 Å². The Hall–Kier alpha value is -2.54. The summed E-state index contributed by atoms with van der Waals surface area (Å²) >= 11 is 0. The summed E-state index contributed by atoms with van der Waals surface area (Å²) < 4.78 is 13.3. The Labute approximate surface area is 123 Å². The van der Waals surface area contributed by atoms with Crippen LogP contribution in [0.25, 0.3) is 0 Å². The molecule has 1 aliphatic heterocycles. The topological polar surface area (TPSA) is 39.1 Å². The first kappa shape index (κ1) is 13.4. The van der Waals surface area contributed by atoms with Crippen LogP contribution in [0.5, 0.6) is 0 Å². The number of benzene rings is 2. The lowest BCUT2D eigenvalue weighted by molar-refractivity contribution is 0.621. The zero-order valence-corrected chi connectivity index (χ0v) is 11.8. The summed E-state index contributed by atoms with van der Waals surface area (Å²) in [5.41, 5.74) is 3.46. The summed E-state index contributed by atoms with van der Waals surface area (Å²) in [5.74, 6) is -0.371. The summed E-state index contributed by atoms with van der Waals surface area (Å²) in [7, 11) is 0. The van der Waals surface area contributed by atoms with Gasteiger partial charge in [-0.2, -0.15) is 5.26 Å². The van der Waals surface area contributed by atoms with Crippen molar-refractivity contribution in [3.8, 4) is 6.07 Å². The molecule has 21 heavy (non-hydrogen) atoms. The maximum Gasteiger partial charge on any atom is 0.124 e. The van der Waals surface area contributed by atoms with Gasteiger partial charge >= 0.3 is 0 Å². The largest absolute Gasteiger partial charge is 0.381 e. The van der Waals surface area contributed by atoms with Crippen LogP contribution >= 0.6 is 0 Å². The Bertz CT molecular complexity index is 705. The van der Waals surface area contributed by atoms with Crippen molar-refractivity contribution in [3.05, 3.63) is 59.4 Å². The van der Waals surface area contributed by atoms with Crippen molar-refractivity contribution in [2.24, 2.45) is 0 Å². The molecule has 2 aromatic rings. The molecule has 1 aliphatic rings. The van der Waals surface area contributed by atoms with E-state index >= 15 is 0 Å². The van der Waals surface area contributed by atoms with E-state index in [-0.39, 0.29) is 5.82 Å². The van der Waals surface area contributed by atoms with Crippen LogP contribution in [0.2, 0.25) is 0 Å². The lowest BCUT2D eigenvalue weighted by atomic mass is 10.0. The molecule has 0 aliphatic carbocycles. The van der Waals surface area contributed by atoms with Crippen molar-refractivity contribution in [2.75, 3.05) is 16.8 Å². The lowest BCUT2D eigenvalue weighted by Gasteiger charge is -2.38. The Morgan fingerprint density at radius 3 is 2.95 bits per heavy atom. The van der Waals surface area contributed by atoms with Crippen molar-refractivity contribution in [1.29, 1.82) is 5.26 Å². The minimum absolute atomic E-state index is 0.302. The van der Waals surface area contributed by atoms with Crippen LogP contribution in [-0.2, 0) is 6.54 Å². The third-order valence-electron chi connectivity index (χ3n) is 3.87. The number of nitrogens with one attached hydrogen (secondary N) is 1. The smallest absolute Gasteiger partial charge is 0.124 e. The van der Waals surface area contributed by atoms with Crippen LogP contribution < -0.4 is 10.2 Å². The van der Waals surface area contributed by atoms with Gasteiger partial charge in [-0.1, -0.05) is 18.2 Å². The Morgan fingerprint density at radius 1 is 1.33 bits per heavy atom. The number of para-hydroxylation sites is 2. The van der Waals surface area contributed by atoms with Crippen molar-refractivity contribution in [2.45, 2.75) is 19.5 Å². The van der Waals surface area contributed by atoms with E-state index in [0.717, 1.165) is 23.5 Å². The Balaban J connectivity index is 1.97. The third-order valence-corrected chi connectivity index (χ3v) is 3.87. The van der Waals surface area contributed by atoms with Gasteiger partial charge in [-0.25, -0.2) is 4.39 Å². The number of fused-ring (bicyclic) bond motifs is 1. The van der Waals surface area contributed by atoms with E-state index < -0.39 is 0 Å². The van der Waals surface area contributed by atoms with Crippen molar-refractivity contribution >= 4 is 11.4 Å². The van der Waals surface area contributed by atoms with E-state index in [0.29, 0.717) is 18.2 Å². The number of halogens is 1. The SMILES string of the molecule is CC1CNc2ccccc2N1Cc1ccc(F)cc1C#N. The third kappa shape index (κ3) is 2.55. The first-order valence-corrected chi connectivity index (χ1v) is 6.97. The molecule has 0 amide bonds. The molecular formula is C17H16FN3. The molecule has 0 fully saturated rings. The van der Waals surface area contributed by atoms with Crippen molar-refractivity contribution in [1.82, 2.24) is 0 Å². The Morgan fingerprint density at radius 2 is 2.14 bits per heavy atom. The highest BCUT2D eigenvalue weighted by Gasteiger charge is 2.23. The van der Waals surface area contributed by atoms with Gasteiger partial charge in [0.15, 0.2) is 0 Å². The molecule has 0 saturated heterocycles. The van der Waals surface area contributed by atoms with Gasteiger partial charge in [-0.15, -0.1) is 0 Å². The highest BCUT2D eigenvalue weighted by molar-refractivity contribution is 5.72. The fourth-order valence-electron chi connectivity index (χ4n) is 2.69. The van der Waals surface area contributed by atoms with Gasteiger partial charge in [0.1, 0.15) is 5.82 Å². The molecule has 4 heteroatoms. The second-order valence-corrected chi connectivity index (χ2v) is 5.29. The predicted molar refractivity (Wildman–Crippen MR) is 81.7 cm³/mol. The van der Waals surface area contributed by atoms with E-state index in [1.54, 1.807) is 6.07 Å². The molecule has 0 spiro atoms. The highest BCUT2D eigenvalue weighted by Crippen LogP contribution is 2.32. The van der Waals surface area contributed by atoms with Gasteiger partial charge in [0, 0.05) is 19.1 Å². The van der Waals surface area contributed by atoms with E-state index in [2.05, 4.69) is 29.3 Å². The van der Waals surface area contributed by atoms with Crippen LogP contribution in [0, 0.1) is 17.1 Å². The molecule has 1 unspecified atom stereocenters. The van der Waals surface area contributed by atoms with E-state index in [1.807, 2.05) is 18.2 Å². The molecule has 3 nitrogen and oxygen atoms in total. The van der Waals surface area contributed by atoms with Crippen LogP contribution in [0.15, 0.2) is 42.5 Å². The first-order chi connectivity index (χ1) is 10.2. The predicted octanol–water partition coefficient (Wildman–Crippen LogP) is 3.52. The minimum Gasteiger partial charge on any atom is -0.381 e. The second-order valence-electron chi connectivity index (χ2n) is 5.29. The van der Waals surface area contributed by atoms with Crippen LogP contribution in [-0.4, -0.2) is 12.6 Å². The zero-order chi connectivity index (χ0) is 14.8. The average molecular weight is 281 g/mol. The molecule has 106 valence electrons.